The average Bonchev–Trinajstić information content (AvgIpc) is 2.76. The molecule has 2 atom stereocenters. The van der Waals surface area contributed by atoms with Crippen LogP contribution in [0.2, 0.25) is 15.1 Å². The first-order chi connectivity index (χ1) is 9.90. The number of nitrogens with one attached hydrogen (secondary N) is 3. The molecular formula is C11H11Cl3N4O2S. The number of thioether (sulfide) groups is 1. The monoisotopic (exact) mass is 368 g/mol. The molecule has 1 saturated heterocycles. The Hall–Kier alpha value is -0.700. The van der Waals surface area contributed by atoms with Gasteiger partial charge in [0.15, 0.2) is 0 Å². The van der Waals surface area contributed by atoms with Gasteiger partial charge in [-0.3, -0.25) is 15.4 Å². The second kappa shape index (κ2) is 7.04. The van der Waals surface area contributed by atoms with Crippen molar-refractivity contribution in [2.75, 3.05) is 5.32 Å². The molecule has 0 aliphatic carbocycles. The summed E-state index contributed by atoms with van der Waals surface area (Å²) in [6.07, 6.45) is 0.00649. The fraction of sp³-hybridized carbons (Fsp3) is 0.273. The lowest BCUT2D eigenvalue weighted by molar-refractivity contribution is -0.123. The normalized spacial score (nSPS) is 21.2. The van der Waals surface area contributed by atoms with Crippen LogP contribution in [-0.4, -0.2) is 22.6 Å². The summed E-state index contributed by atoms with van der Waals surface area (Å²) < 4.78 is 0. The largest absolute Gasteiger partial charge is 0.330 e. The predicted molar refractivity (Wildman–Crippen MR) is 85.4 cm³/mol. The summed E-state index contributed by atoms with van der Waals surface area (Å²) in [7, 11) is 0. The summed E-state index contributed by atoms with van der Waals surface area (Å²) >= 11 is 18.8. The Morgan fingerprint density at radius 2 is 1.95 bits per heavy atom. The Morgan fingerprint density at radius 3 is 2.48 bits per heavy atom. The van der Waals surface area contributed by atoms with Gasteiger partial charge in [-0.25, -0.2) is 5.43 Å². The molecule has 6 nitrogen and oxygen atoms in total. The van der Waals surface area contributed by atoms with Crippen molar-refractivity contribution >= 4 is 64.1 Å². The number of anilines is 1. The SMILES string of the molecule is NNC1NC(=O)C(CC(=O)Nc2cc(Cl)c(Cl)c(Cl)c2)S1. The molecule has 1 aliphatic rings. The summed E-state index contributed by atoms with van der Waals surface area (Å²) in [6, 6.07) is 2.97. The molecule has 0 saturated carbocycles. The number of halogens is 3. The van der Waals surface area contributed by atoms with E-state index in [2.05, 4.69) is 16.1 Å². The van der Waals surface area contributed by atoms with Gasteiger partial charge in [0, 0.05) is 12.1 Å². The molecule has 1 aromatic rings. The summed E-state index contributed by atoms with van der Waals surface area (Å²) in [5, 5.41) is 5.40. The topological polar surface area (TPSA) is 96.2 Å². The zero-order valence-corrected chi connectivity index (χ0v) is 13.5. The number of hydrogen-bond acceptors (Lipinski definition) is 5. The molecule has 1 aromatic carbocycles. The van der Waals surface area contributed by atoms with E-state index in [1.54, 1.807) is 0 Å². The highest BCUT2D eigenvalue weighted by Crippen LogP contribution is 2.33. The summed E-state index contributed by atoms with van der Waals surface area (Å²) in [6.45, 7) is 0. The third-order valence-corrected chi connectivity index (χ3v) is 5.09. The van der Waals surface area contributed by atoms with Crippen molar-refractivity contribution in [3.63, 3.8) is 0 Å². The average molecular weight is 370 g/mol. The predicted octanol–water partition coefficient (Wildman–Crippen LogP) is 1.95. The molecule has 1 heterocycles. The van der Waals surface area contributed by atoms with Gasteiger partial charge >= 0.3 is 0 Å². The van der Waals surface area contributed by atoms with Gasteiger partial charge in [0.25, 0.3) is 0 Å². The van der Waals surface area contributed by atoms with Gasteiger partial charge in [-0.15, -0.1) is 11.8 Å². The maximum atomic E-state index is 11.9. The van der Waals surface area contributed by atoms with Crippen LogP contribution in [0, 0.1) is 0 Å². The van der Waals surface area contributed by atoms with Crippen LogP contribution < -0.4 is 21.9 Å². The lowest BCUT2D eigenvalue weighted by atomic mass is 10.2. The minimum Gasteiger partial charge on any atom is -0.330 e. The van der Waals surface area contributed by atoms with Crippen molar-refractivity contribution in [1.29, 1.82) is 0 Å². The molecule has 10 heteroatoms. The van der Waals surface area contributed by atoms with Gasteiger partial charge in [0.05, 0.1) is 20.3 Å². The molecule has 1 aliphatic heterocycles. The number of nitrogens with two attached hydrogens (primary N) is 1. The van der Waals surface area contributed by atoms with Gasteiger partial charge in [-0.05, 0) is 12.1 Å². The number of carbonyl (C=O) groups excluding carboxylic acids is 2. The zero-order chi connectivity index (χ0) is 15.6. The number of benzene rings is 1. The van der Waals surface area contributed by atoms with E-state index < -0.39 is 10.7 Å². The molecule has 0 bridgehead atoms. The van der Waals surface area contributed by atoms with E-state index in [1.165, 1.54) is 23.9 Å². The molecule has 0 aromatic heterocycles. The first-order valence-corrected chi connectivity index (χ1v) is 7.84. The second-order valence-electron chi connectivity index (χ2n) is 4.19. The molecule has 2 amide bonds. The fourth-order valence-electron chi connectivity index (χ4n) is 1.71. The van der Waals surface area contributed by atoms with Crippen LogP contribution in [0.5, 0.6) is 0 Å². The van der Waals surface area contributed by atoms with E-state index in [0.717, 1.165) is 0 Å². The van der Waals surface area contributed by atoms with Crippen molar-refractivity contribution < 1.29 is 9.59 Å². The highest BCUT2D eigenvalue weighted by molar-refractivity contribution is 8.01. The Bertz CT molecular complexity index is 564. The first-order valence-electron chi connectivity index (χ1n) is 5.77. The molecule has 0 radical (unpaired) electrons. The Kier molecular flexibility index (Phi) is 5.59. The minimum atomic E-state index is -0.510. The molecule has 114 valence electrons. The van der Waals surface area contributed by atoms with Gasteiger partial charge in [0.2, 0.25) is 11.8 Å². The van der Waals surface area contributed by atoms with Gasteiger partial charge in [-0.1, -0.05) is 34.8 Å². The van der Waals surface area contributed by atoms with E-state index in [1.807, 2.05) is 0 Å². The summed E-state index contributed by atoms with van der Waals surface area (Å²) in [5.74, 6) is 4.65. The molecule has 21 heavy (non-hydrogen) atoms. The van der Waals surface area contributed by atoms with Crippen LogP contribution in [0.25, 0.3) is 0 Å². The molecule has 1 fully saturated rings. The van der Waals surface area contributed by atoms with E-state index >= 15 is 0 Å². The Morgan fingerprint density at radius 1 is 1.33 bits per heavy atom. The highest BCUT2D eigenvalue weighted by atomic mass is 35.5. The van der Waals surface area contributed by atoms with Crippen LogP contribution in [0.3, 0.4) is 0 Å². The third kappa shape index (κ3) is 4.15. The van der Waals surface area contributed by atoms with Crippen LogP contribution in [0.4, 0.5) is 5.69 Å². The van der Waals surface area contributed by atoms with Crippen LogP contribution in [0.15, 0.2) is 12.1 Å². The lowest BCUT2D eigenvalue weighted by Crippen LogP contribution is -2.41. The van der Waals surface area contributed by atoms with Crippen molar-refractivity contribution in [2.45, 2.75) is 17.2 Å². The van der Waals surface area contributed by atoms with Crippen LogP contribution in [0.1, 0.15) is 6.42 Å². The highest BCUT2D eigenvalue weighted by Gasteiger charge is 2.33. The third-order valence-electron chi connectivity index (χ3n) is 2.66. The van der Waals surface area contributed by atoms with Crippen molar-refractivity contribution in [1.82, 2.24) is 10.7 Å². The number of rotatable bonds is 4. The Balaban J connectivity index is 1.98. The number of carbonyl (C=O) groups is 2. The second-order valence-corrected chi connectivity index (χ2v) is 6.69. The van der Waals surface area contributed by atoms with Crippen molar-refractivity contribution in [3.05, 3.63) is 27.2 Å². The van der Waals surface area contributed by atoms with E-state index in [4.69, 9.17) is 40.6 Å². The molecule has 2 rings (SSSR count). The smallest absolute Gasteiger partial charge is 0.235 e. The van der Waals surface area contributed by atoms with E-state index in [-0.39, 0.29) is 33.3 Å². The van der Waals surface area contributed by atoms with Gasteiger partial charge < -0.3 is 10.6 Å². The van der Waals surface area contributed by atoms with Gasteiger partial charge in [0.1, 0.15) is 5.50 Å². The standard InChI is InChI=1S/C11H11Cl3N4O2S/c12-5-1-4(2-6(13)9(5)14)16-8(19)3-7-10(20)17-11(18-15)21-7/h1-2,7,11,18H,3,15H2,(H,16,19)(H,17,20). The number of hydrogen-bond donors (Lipinski definition) is 4. The van der Waals surface area contributed by atoms with E-state index in [9.17, 15) is 9.59 Å². The van der Waals surface area contributed by atoms with Crippen molar-refractivity contribution in [2.24, 2.45) is 5.84 Å². The number of hydrazine groups is 1. The van der Waals surface area contributed by atoms with Crippen LogP contribution >= 0.6 is 46.6 Å². The zero-order valence-electron chi connectivity index (χ0n) is 10.5. The summed E-state index contributed by atoms with van der Waals surface area (Å²) in [4.78, 5) is 23.6. The minimum absolute atomic E-state index is 0.00649. The quantitative estimate of drug-likeness (QED) is 0.370. The molecule has 5 N–H and O–H groups in total. The maximum absolute atomic E-state index is 11.9. The fourth-order valence-corrected chi connectivity index (χ4v) is 3.34. The van der Waals surface area contributed by atoms with Crippen molar-refractivity contribution in [3.8, 4) is 0 Å². The number of amides is 2. The molecule has 2 unspecified atom stereocenters. The van der Waals surface area contributed by atoms with E-state index in [0.29, 0.717) is 5.69 Å². The lowest BCUT2D eigenvalue weighted by Gasteiger charge is -2.10. The maximum Gasteiger partial charge on any atom is 0.235 e. The molecule has 0 spiro atoms. The first kappa shape index (κ1) is 16.7. The van der Waals surface area contributed by atoms with Crippen LogP contribution in [-0.2, 0) is 9.59 Å². The summed E-state index contributed by atoms with van der Waals surface area (Å²) in [5.41, 5.74) is 2.44. The molecular weight excluding hydrogens is 359 g/mol. The Labute approximate surface area is 140 Å². The van der Waals surface area contributed by atoms with Gasteiger partial charge in [-0.2, -0.15) is 0 Å².